The van der Waals surface area contributed by atoms with Crippen LogP contribution in [0.1, 0.15) is 11.1 Å². The molecular formula is C14H13IN2O2. The van der Waals surface area contributed by atoms with E-state index in [1.54, 1.807) is 6.20 Å². The van der Waals surface area contributed by atoms with Crippen LogP contribution in [0.5, 0.6) is 0 Å². The van der Waals surface area contributed by atoms with E-state index in [4.69, 9.17) is 4.74 Å². The molecule has 98 valence electrons. The van der Waals surface area contributed by atoms with Crippen molar-refractivity contribution in [1.29, 1.82) is 0 Å². The summed E-state index contributed by atoms with van der Waals surface area (Å²) in [6, 6.07) is 11.3. The molecule has 1 amide bonds. The summed E-state index contributed by atoms with van der Waals surface area (Å²) < 4.78 is 6.17. The predicted octanol–water partition coefficient (Wildman–Crippen LogP) is 3.74. The van der Waals surface area contributed by atoms with Gasteiger partial charge in [-0.2, -0.15) is 0 Å². The Hall–Kier alpha value is -1.63. The Kier molecular flexibility index (Phi) is 4.73. The van der Waals surface area contributed by atoms with Crippen LogP contribution in [0, 0.1) is 10.5 Å². The van der Waals surface area contributed by atoms with Crippen LogP contribution in [0.4, 0.5) is 10.6 Å². The van der Waals surface area contributed by atoms with Gasteiger partial charge in [-0.1, -0.05) is 30.3 Å². The first kappa shape index (κ1) is 13.8. The number of rotatable bonds is 3. The van der Waals surface area contributed by atoms with Gasteiger partial charge < -0.3 is 4.74 Å². The molecule has 1 heterocycles. The maximum absolute atomic E-state index is 11.6. The molecule has 0 aliphatic heterocycles. The van der Waals surface area contributed by atoms with E-state index in [9.17, 15) is 4.79 Å². The number of hydrogen-bond acceptors (Lipinski definition) is 3. The van der Waals surface area contributed by atoms with Gasteiger partial charge in [0.25, 0.3) is 0 Å². The third kappa shape index (κ3) is 4.20. The van der Waals surface area contributed by atoms with Crippen molar-refractivity contribution < 1.29 is 9.53 Å². The zero-order chi connectivity index (χ0) is 13.7. The Labute approximate surface area is 125 Å². The number of benzene rings is 1. The van der Waals surface area contributed by atoms with Crippen LogP contribution in [0.3, 0.4) is 0 Å². The number of hydrogen-bond donors (Lipinski definition) is 1. The smallest absolute Gasteiger partial charge is 0.413 e. The lowest BCUT2D eigenvalue weighted by Gasteiger charge is -2.07. The predicted molar refractivity (Wildman–Crippen MR) is 81.9 cm³/mol. The van der Waals surface area contributed by atoms with Crippen LogP contribution in [-0.2, 0) is 11.3 Å². The number of aromatic nitrogens is 1. The highest BCUT2D eigenvalue weighted by Crippen LogP contribution is 2.13. The Morgan fingerprint density at radius 3 is 2.79 bits per heavy atom. The number of amides is 1. The van der Waals surface area contributed by atoms with Gasteiger partial charge in [0.05, 0.1) is 0 Å². The molecule has 5 heteroatoms. The van der Waals surface area contributed by atoms with Crippen molar-refractivity contribution in [2.45, 2.75) is 13.5 Å². The number of carbonyl (C=O) groups is 1. The number of aryl methyl sites for hydroxylation is 1. The average molecular weight is 368 g/mol. The molecule has 0 unspecified atom stereocenters. The molecule has 19 heavy (non-hydrogen) atoms. The quantitative estimate of drug-likeness (QED) is 0.840. The van der Waals surface area contributed by atoms with Crippen molar-refractivity contribution >= 4 is 34.5 Å². The fourth-order valence-electron chi connectivity index (χ4n) is 1.47. The Morgan fingerprint density at radius 2 is 2.11 bits per heavy atom. The number of nitrogens with zero attached hydrogens (tertiary/aromatic N) is 1. The minimum Gasteiger partial charge on any atom is -0.444 e. The van der Waals surface area contributed by atoms with Crippen LogP contribution in [0.2, 0.25) is 0 Å². The highest BCUT2D eigenvalue weighted by atomic mass is 127. The largest absolute Gasteiger partial charge is 0.444 e. The van der Waals surface area contributed by atoms with Crippen molar-refractivity contribution in [2.24, 2.45) is 0 Å². The van der Waals surface area contributed by atoms with Gasteiger partial charge in [-0.3, -0.25) is 5.32 Å². The van der Waals surface area contributed by atoms with Gasteiger partial charge in [-0.15, -0.1) is 0 Å². The van der Waals surface area contributed by atoms with E-state index in [1.165, 1.54) is 0 Å². The molecule has 0 saturated carbocycles. The number of pyridine rings is 1. The van der Waals surface area contributed by atoms with E-state index in [0.29, 0.717) is 5.82 Å². The van der Waals surface area contributed by atoms with Gasteiger partial charge in [0.15, 0.2) is 0 Å². The maximum Gasteiger partial charge on any atom is 0.413 e. The number of carbonyl (C=O) groups excluding carboxylic acids is 1. The van der Waals surface area contributed by atoms with E-state index < -0.39 is 6.09 Å². The molecule has 0 saturated heterocycles. The van der Waals surface area contributed by atoms with Crippen LogP contribution in [-0.4, -0.2) is 11.1 Å². The van der Waals surface area contributed by atoms with Gasteiger partial charge in [0.1, 0.15) is 12.4 Å². The van der Waals surface area contributed by atoms with Crippen molar-refractivity contribution in [1.82, 2.24) is 4.98 Å². The second kappa shape index (κ2) is 6.51. The first-order valence-electron chi connectivity index (χ1n) is 5.75. The van der Waals surface area contributed by atoms with E-state index in [-0.39, 0.29) is 6.61 Å². The molecule has 2 rings (SSSR count). The van der Waals surface area contributed by atoms with E-state index >= 15 is 0 Å². The molecule has 1 aromatic heterocycles. The lowest BCUT2D eigenvalue weighted by Crippen LogP contribution is -2.14. The summed E-state index contributed by atoms with van der Waals surface area (Å²) in [5.74, 6) is 0.496. The summed E-state index contributed by atoms with van der Waals surface area (Å²) >= 11 is 2.19. The fraction of sp³-hybridized carbons (Fsp3) is 0.143. The van der Waals surface area contributed by atoms with Gasteiger partial charge in [0, 0.05) is 9.77 Å². The summed E-state index contributed by atoms with van der Waals surface area (Å²) in [6.07, 6.45) is 1.21. The number of nitrogens with one attached hydrogen (secondary N) is 1. The summed E-state index contributed by atoms with van der Waals surface area (Å²) in [7, 11) is 0. The molecule has 0 radical (unpaired) electrons. The molecule has 0 aliphatic carbocycles. The summed E-state index contributed by atoms with van der Waals surface area (Å²) in [5, 5.41) is 2.60. The minimum absolute atomic E-state index is 0.246. The summed E-state index contributed by atoms with van der Waals surface area (Å²) in [6.45, 7) is 2.21. The standard InChI is InChI=1S/C14H13IN2O2/c1-10-7-13(16-8-12(10)15)17-14(18)19-9-11-5-3-2-4-6-11/h2-8H,9H2,1H3,(H,16,17,18). The molecule has 1 aromatic carbocycles. The topological polar surface area (TPSA) is 51.2 Å². The first-order valence-corrected chi connectivity index (χ1v) is 6.83. The minimum atomic E-state index is -0.503. The van der Waals surface area contributed by atoms with Crippen molar-refractivity contribution in [3.05, 3.63) is 57.3 Å². The Bertz CT molecular complexity index is 573. The highest BCUT2D eigenvalue weighted by Gasteiger charge is 2.05. The fourth-order valence-corrected chi connectivity index (χ4v) is 1.77. The molecule has 0 fully saturated rings. The monoisotopic (exact) mass is 368 g/mol. The number of ether oxygens (including phenoxy) is 1. The molecule has 0 bridgehead atoms. The SMILES string of the molecule is Cc1cc(NC(=O)OCc2ccccc2)ncc1I. The van der Waals surface area contributed by atoms with Crippen LogP contribution >= 0.6 is 22.6 Å². The van der Waals surface area contributed by atoms with Crippen LogP contribution in [0.15, 0.2) is 42.6 Å². The van der Waals surface area contributed by atoms with Crippen molar-refractivity contribution in [3.8, 4) is 0 Å². The van der Waals surface area contributed by atoms with Crippen LogP contribution in [0.25, 0.3) is 0 Å². The van der Waals surface area contributed by atoms with E-state index in [0.717, 1.165) is 14.7 Å². The molecule has 4 nitrogen and oxygen atoms in total. The van der Waals surface area contributed by atoms with E-state index in [2.05, 4.69) is 32.9 Å². The Balaban J connectivity index is 1.89. The molecule has 2 aromatic rings. The molecule has 1 N–H and O–H groups in total. The normalized spacial score (nSPS) is 10.0. The molecular weight excluding hydrogens is 355 g/mol. The lowest BCUT2D eigenvalue weighted by molar-refractivity contribution is 0.155. The van der Waals surface area contributed by atoms with Gasteiger partial charge in [-0.05, 0) is 46.7 Å². The second-order valence-corrected chi connectivity index (χ2v) is 5.17. The number of anilines is 1. The maximum atomic E-state index is 11.6. The van der Waals surface area contributed by atoms with Crippen molar-refractivity contribution in [2.75, 3.05) is 5.32 Å². The third-order valence-electron chi connectivity index (χ3n) is 2.49. The summed E-state index contributed by atoms with van der Waals surface area (Å²) in [4.78, 5) is 15.7. The first-order chi connectivity index (χ1) is 9.15. The van der Waals surface area contributed by atoms with Crippen molar-refractivity contribution in [3.63, 3.8) is 0 Å². The molecule has 0 atom stereocenters. The zero-order valence-corrected chi connectivity index (χ0v) is 12.5. The second-order valence-electron chi connectivity index (χ2n) is 4.01. The zero-order valence-electron chi connectivity index (χ0n) is 10.4. The molecule has 0 aliphatic rings. The molecule has 0 spiro atoms. The van der Waals surface area contributed by atoms with Gasteiger partial charge >= 0.3 is 6.09 Å². The average Bonchev–Trinajstić information content (AvgIpc) is 2.42. The lowest BCUT2D eigenvalue weighted by atomic mass is 10.2. The summed E-state index contributed by atoms with van der Waals surface area (Å²) in [5.41, 5.74) is 2.01. The van der Waals surface area contributed by atoms with Crippen LogP contribution < -0.4 is 5.32 Å². The third-order valence-corrected chi connectivity index (χ3v) is 3.62. The number of halogens is 1. The van der Waals surface area contributed by atoms with Gasteiger partial charge in [0.2, 0.25) is 0 Å². The Morgan fingerprint density at radius 1 is 1.37 bits per heavy atom. The van der Waals surface area contributed by atoms with E-state index in [1.807, 2.05) is 43.3 Å². The van der Waals surface area contributed by atoms with Gasteiger partial charge in [-0.25, -0.2) is 9.78 Å². The highest BCUT2D eigenvalue weighted by molar-refractivity contribution is 14.1.